The molecule has 0 fully saturated rings. The van der Waals surface area contributed by atoms with Gasteiger partial charge in [-0.15, -0.1) is 0 Å². The second-order valence-corrected chi connectivity index (χ2v) is 3.56. The van der Waals surface area contributed by atoms with Gasteiger partial charge in [-0.2, -0.15) is 0 Å². The Balaban J connectivity index is 2.23. The number of carboxylic acid groups (broad SMARTS) is 1. The molecule has 76 valence electrons. The van der Waals surface area contributed by atoms with Crippen molar-refractivity contribution in [3.8, 4) is 0 Å². The van der Waals surface area contributed by atoms with Crippen molar-refractivity contribution in [3.05, 3.63) is 59.3 Å². The number of allylic oxidation sites excluding steroid dienone is 8. The first-order chi connectivity index (χ1) is 7.27. The van der Waals surface area contributed by atoms with E-state index in [2.05, 4.69) is 0 Å². The second-order valence-electron chi connectivity index (χ2n) is 3.56. The minimum Gasteiger partial charge on any atom is -0.478 e. The molecular weight excluding hydrogens is 188 g/mol. The largest absolute Gasteiger partial charge is 0.478 e. The van der Waals surface area contributed by atoms with Gasteiger partial charge in [0.05, 0.1) is 5.57 Å². The summed E-state index contributed by atoms with van der Waals surface area (Å²) in [6.45, 7) is 0. The van der Waals surface area contributed by atoms with E-state index in [1.54, 1.807) is 6.08 Å². The van der Waals surface area contributed by atoms with Gasteiger partial charge < -0.3 is 5.11 Å². The van der Waals surface area contributed by atoms with E-state index in [9.17, 15) is 4.79 Å². The van der Waals surface area contributed by atoms with Crippen molar-refractivity contribution in [2.45, 2.75) is 12.8 Å². The van der Waals surface area contributed by atoms with E-state index in [4.69, 9.17) is 5.11 Å². The second kappa shape index (κ2) is 4.13. The molecule has 0 aromatic carbocycles. The fourth-order valence-corrected chi connectivity index (χ4v) is 1.70. The Bertz CT molecular complexity index is 431. The van der Waals surface area contributed by atoms with E-state index >= 15 is 0 Å². The minimum atomic E-state index is -0.849. The number of hydrogen-bond acceptors (Lipinski definition) is 1. The van der Waals surface area contributed by atoms with E-state index in [1.165, 1.54) is 0 Å². The molecule has 2 aliphatic carbocycles. The maximum absolute atomic E-state index is 11.1. The molecule has 0 saturated carbocycles. The molecule has 0 saturated heterocycles. The summed E-state index contributed by atoms with van der Waals surface area (Å²) in [6.07, 6.45) is 15.0. The molecule has 0 bridgehead atoms. The Morgan fingerprint density at radius 3 is 2.47 bits per heavy atom. The van der Waals surface area contributed by atoms with Crippen molar-refractivity contribution in [1.82, 2.24) is 0 Å². The standard InChI is InChI=1S/C13H12O2/c14-13(15)12(11-7-3-4-8-11)9-10-5-1-2-6-10/h1-5,7,9H,6,8H2,(H,14,15)/b12-9-. The molecular formula is C13H12O2. The highest BCUT2D eigenvalue weighted by Crippen LogP contribution is 2.23. The van der Waals surface area contributed by atoms with Crippen LogP contribution in [0.2, 0.25) is 0 Å². The summed E-state index contributed by atoms with van der Waals surface area (Å²) in [5.41, 5.74) is 2.35. The first-order valence-electron chi connectivity index (χ1n) is 4.94. The van der Waals surface area contributed by atoms with Gasteiger partial charge in [-0.1, -0.05) is 36.5 Å². The number of aliphatic carboxylic acids is 1. The Hall–Kier alpha value is -1.83. The monoisotopic (exact) mass is 200 g/mol. The topological polar surface area (TPSA) is 37.3 Å². The predicted octanol–water partition coefficient (Wildman–Crippen LogP) is 2.77. The van der Waals surface area contributed by atoms with Gasteiger partial charge in [-0.3, -0.25) is 0 Å². The summed E-state index contributed by atoms with van der Waals surface area (Å²) in [5, 5.41) is 9.11. The number of hydrogen-bond donors (Lipinski definition) is 1. The zero-order chi connectivity index (χ0) is 10.7. The lowest BCUT2D eigenvalue weighted by Gasteiger charge is -2.03. The lowest BCUT2D eigenvalue weighted by Crippen LogP contribution is -2.03. The molecule has 0 aromatic rings. The van der Waals surface area contributed by atoms with Gasteiger partial charge in [0.15, 0.2) is 0 Å². The highest BCUT2D eigenvalue weighted by molar-refractivity contribution is 5.93. The number of carbonyl (C=O) groups is 1. The van der Waals surface area contributed by atoms with Gasteiger partial charge >= 0.3 is 5.97 Å². The van der Waals surface area contributed by atoms with E-state index in [-0.39, 0.29) is 0 Å². The normalized spacial score (nSPS) is 19.3. The highest BCUT2D eigenvalue weighted by atomic mass is 16.4. The third-order valence-corrected chi connectivity index (χ3v) is 2.48. The van der Waals surface area contributed by atoms with Crippen LogP contribution in [0.5, 0.6) is 0 Å². The van der Waals surface area contributed by atoms with Crippen molar-refractivity contribution in [3.63, 3.8) is 0 Å². The molecule has 0 atom stereocenters. The fraction of sp³-hybridized carbons (Fsp3) is 0.154. The predicted molar refractivity (Wildman–Crippen MR) is 59.4 cm³/mol. The van der Waals surface area contributed by atoms with Crippen molar-refractivity contribution >= 4 is 5.97 Å². The Morgan fingerprint density at radius 1 is 1.20 bits per heavy atom. The Morgan fingerprint density at radius 2 is 1.93 bits per heavy atom. The summed E-state index contributed by atoms with van der Waals surface area (Å²) < 4.78 is 0. The minimum absolute atomic E-state index is 0.412. The van der Waals surface area contributed by atoms with Gasteiger partial charge in [-0.25, -0.2) is 4.79 Å². The van der Waals surface area contributed by atoms with Gasteiger partial charge in [0.1, 0.15) is 0 Å². The van der Waals surface area contributed by atoms with E-state index in [0.717, 1.165) is 24.0 Å². The molecule has 0 unspecified atom stereocenters. The molecule has 2 rings (SSSR count). The summed E-state index contributed by atoms with van der Waals surface area (Å²) in [7, 11) is 0. The molecule has 1 N–H and O–H groups in total. The average molecular weight is 200 g/mol. The maximum atomic E-state index is 11.1. The Kier molecular flexibility index (Phi) is 2.68. The quantitative estimate of drug-likeness (QED) is 0.711. The van der Waals surface area contributed by atoms with Crippen LogP contribution in [-0.2, 0) is 4.79 Å². The van der Waals surface area contributed by atoms with E-state index < -0.39 is 5.97 Å². The zero-order valence-electron chi connectivity index (χ0n) is 8.31. The SMILES string of the molecule is O=C(O)/C(=C\C1=CC=CC1)C1=CC=CC1. The average Bonchev–Trinajstić information content (AvgIpc) is 2.87. The van der Waals surface area contributed by atoms with Gasteiger partial charge in [0.25, 0.3) is 0 Å². The summed E-state index contributed by atoms with van der Waals surface area (Å²) >= 11 is 0. The van der Waals surface area contributed by atoms with Crippen molar-refractivity contribution in [2.75, 3.05) is 0 Å². The van der Waals surface area contributed by atoms with Crippen molar-refractivity contribution in [2.24, 2.45) is 0 Å². The third-order valence-electron chi connectivity index (χ3n) is 2.48. The fourth-order valence-electron chi connectivity index (χ4n) is 1.70. The van der Waals surface area contributed by atoms with Crippen LogP contribution >= 0.6 is 0 Å². The molecule has 2 heteroatoms. The smallest absolute Gasteiger partial charge is 0.335 e. The van der Waals surface area contributed by atoms with Gasteiger partial charge in [-0.05, 0) is 30.1 Å². The van der Waals surface area contributed by atoms with Gasteiger partial charge in [0, 0.05) is 0 Å². The van der Waals surface area contributed by atoms with Crippen LogP contribution in [-0.4, -0.2) is 11.1 Å². The molecule has 2 nitrogen and oxygen atoms in total. The molecule has 2 aliphatic rings. The van der Waals surface area contributed by atoms with Crippen LogP contribution in [0.1, 0.15) is 12.8 Å². The molecule has 0 aromatic heterocycles. The first-order valence-corrected chi connectivity index (χ1v) is 4.94. The molecule has 15 heavy (non-hydrogen) atoms. The molecule has 0 radical (unpaired) electrons. The summed E-state index contributed by atoms with van der Waals surface area (Å²) in [4.78, 5) is 11.1. The third kappa shape index (κ3) is 2.15. The van der Waals surface area contributed by atoms with Crippen molar-refractivity contribution in [1.29, 1.82) is 0 Å². The van der Waals surface area contributed by atoms with Crippen LogP contribution < -0.4 is 0 Å². The molecule has 0 amide bonds. The Labute approximate surface area is 88.6 Å². The van der Waals surface area contributed by atoms with Crippen LogP contribution in [0.25, 0.3) is 0 Å². The molecule has 0 aliphatic heterocycles. The molecule has 0 heterocycles. The van der Waals surface area contributed by atoms with Crippen LogP contribution in [0, 0.1) is 0 Å². The maximum Gasteiger partial charge on any atom is 0.335 e. The van der Waals surface area contributed by atoms with Crippen LogP contribution in [0.4, 0.5) is 0 Å². The van der Waals surface area contributed by atoms with Crippen molar-refractivity contribution < 1.29 is 9.90 Å². The van der Waals surface area contributed by atoms with E-state index in [0.29, 0.717) is 5.57 Å². The lowest BCUT2D eigenvalue weighted by atomic mass is 10.0. The van der Waals surface area contributed by atoms with Gasteiger partial charge in [0.2, 0.25) is 0 Å². The van der Waals surface area contributed by atoms with E-state index in [1.807, 2.05) is 36.5 Å². The molecule has 0 spiro atoms. The summed E-state index contributed by atoms with van der Waals surface area (Å²) in [6, 6.07) is 0. The zero-order valence-corrected chi connectivity index (χ0v) is 8.31. The highest BCUT2D eigenvalue weighted by Gasteiger charge is 2.14. The number of carboxylic acids is 1. The summed E-state index contributed by atoms with van der Waals surface area (Å²) in [5.74, 6) is -0.849. The first kappa shape index (κ1) is 9.71. The lowest BCUT2D eigenvalue weighted by molar-refractivity contribution is -0.132. The van der Waals surface area contributed by atoms with Crippen LogP contribution in [0.15, 0.2) is 59.3 Å². The van der Waals surface area contributed by atoms with Crippen LogP contribution in [0.3, 0.4) is 0 Å². The number of rotatable bonds is 3.